The number of amides is 3. The number of benzene rings is 1. The van der Waals surface area contributed by atoms with Crippen molar-refractivity contribution in [3.63, 3.8) is 0 Å². The number of urea groups is 1. The van der Waals surface area contributed by atoms with Gasteiger partial charge in [-0.3, -0.25) is 9.69 Å². The van der Waals surface area contributed by atoms with E-state index in [0.717, 1.165) is 35.1 Å². The number of nitrogens with zero attached hydrogens (tertiary/aromatic N) is 2. The number of hydrogen-bond donors (Lipinski definition) is 1. The Morgan fingerprint density at radius 3 is 2.67 bits per heavy atom. The highest BCUT2D eigenvalue weighted by Gasteiger charge is 2.56. The number of hydrogen-bond acceptors (Lipinski definition) is 4. The van der Waals surface area contributed by atoms with Gasteiger partial charge in [0.1, 0.15) is 16.9 Å². The Morgan fingerprint density at radius 2 is 1.97 bits per heavy atom. The van der Waals surface area contributed by atoms with Gasteiger partial charge in [-0.05, 0) is 43.7 Å². The van der Waals surface area contributed by atoms with Crippen LogP contribution >= 0.6 is 0 Å². The smallest absolute Gasteiger partial charge is 0.326 e. The molecule has 3 amide bonds. The van der Waals surface area contributed by atoms with Crippen LogP contribution in [0, 0.1) is 11.3 Å². The van der Waals surface area contributed by atoms with Crippen molar-refractivity contribution in [3.8, 4) is 0 Å². The van der Waals surface area contributed by atoms with E-state index in [1.807, 2.05) is 30.1 Å². The van der Waals surface area contributed by atoms with Crippen LogP contribution in [0.3, 0.4) is 0 Å². The van der Waals surface area contributed by atoms with Crippen molar-refractivity contribution in [1.29, 1.82) is 0 Å². The molecule has 162 valence electrons. The van der Waals surface area contributed by atoms with Gasteiger partial charge in [-0.15, -0.1) is 0 Å². The number of aryl methyl sites for hydroxylation is 1. The zero-order valence-corrected chi connectivity index (χ0v) is 18.7. The Hall–Kier alpha value is -2.34. The van der Waals surface area contributed by atoms with Gasteiger partial charge in [-0.25, -0.2) is 9.69 Å². The molecule has 0 radical (unpaired) electrons. The van der Waals surface area contributed by atoms with Gasteiger partial charge in [0.2, 0.25) is 0 Å². The molecule has 6 heteroatoms. The van der Waals surface area contributed by atoms with E-state index in [1.54, 1.807) is 0 Å². The SMILES string of the molecule is CCc1oc2ccccc2c1CN(C)CN1C(=O)NC2(CC(C)CC(C)(C)C2)C1=O. The number of fused-ring (bicyclic) bond motifs is 1. The molecule has 1 N–H and O–H groups in total. The molecule has 2 atom stereocenters. The topological polar surface area (TPSA) is 65.8 Å². The molecule has 2 aromatic rings. The van der Waals surface area contributed by atoms with Crippen LogP contribution in [0.1, 0.15) is 58.3 Å². The maximum absolute atomic E-state index is 13.4. The van der Waals surface area contributed by atoms with Crippen LogP contribution in [-0.2, 0) is 17.8 Å². The second kappa shape index (κ2) is 7.41. The lowest BCUT2D eigenvalue weighted by atomic mass is 9.64. The van der Waals surface area contributed by atoms with Crippen molar-refractivity contribution in [1.82, 2.24) is 15.1 Å². The van der Waals surface area contributed by atoms with Crippen LogP contribution in [0.2, 0.25) is 0 Å². The van der Waals surface area contributed by atoms with Crippen LogP contribution in [0.15, 0.2) is 28.7 Å². The molecule has 1 spiro atoms. The van der Waals surface area contributed by atoms with Crippen LogP contribution in [0.4, 0.5) is 4.79 Å². The van der Waals surface area contributed by atoms with Gasteiger partial charge >= 0.3 is 6.03 Å². The molecule has 2 heterocycles. The summed E-state index contributed by atoms with van der Waals surface area (Å²) < 4.78 is 6.00. The summed E-state index contributed by atoms with van der Waals surface area (Å²) >= 11 is 0. The van der Waals surface area contributed by atoms with Gasteiger partial charge < -0.3 is 9.73 Å². The molecule has 1 aromatic heterocycles. The Morgan fingerprint density at radius 1 is 1.23 bits per heavy atom. The van der Waals surface area contributed by atoms with Crippen molar-refractivity contribution in [2.75, 3.05) is 13.7 Å². The first-order chi connectivity index (χ1) is 14.1. The summed E-state index contributed by atoms with van der Waals surface area (Å²) in [6.45, 7) is 9.52. The Labute approximate surface area is 178 Å². The number of carbonyl (C=O) groups excluding carboxylic acids is 2. The summed E-state index contributed by atoms with van der Waals surface area (Å²) in [6.07, 6.45) is 3.29. The molecule has 1 saturated carbocycles. The predicted molar refractivity (Wildman–Crippen MR) is 117 cm³/mol. The van der Waals surface area contributed by atoms with Crippen LogP contribution in [-0.4, -0.2) is 41.0 Å². The number of furan rings is 1. The predicted octanol–water partition coefficient (Wildman–Crippen LogP) is 4.52. The number of imide groups is 1. The highest BCUT2D eigenvalue weighted by Crippen LogP contribution is 2.46. The number of rotatable bonds is 5. The van der Waals surface area contributed by atoms with Gasteiger partial charge in [0.25, 0.3) is 5.91 Å². The average Bonchev–Trinajstić information content (AvgIpc) is 3.10. The fourth-order valence-electron chi connectivity index (χ4n) is 5.80. The minimum atomic E-state index is -0.754. The molecule has 1 aromatic carbocycles. The Bertz CT molecular complexity index is 979. The zero-order chi connectivity index (χ0) is 21.7. The monoisotopic (exact) mass is 411 g/mol. The molecule has 2 aliphatic rings. The third kappa shape index (κ3) is 3.62. The highest BCUT2D eigenvalue weighted by atomic mass is 16.3. The molecule has 2 fully saturated rings. The van der Waals surface area contributed by atoms with Gasteiger partial charge in [-0.1, -0.05) is 45.9 Å². The van der Waals surface area contributed by atoms with E-state index in [4.69, 9.17) is 4.42 Å². The van der Waals surface area contributed by atoms with Crippen molar-refractivity contribution in [3.05, 3.63) is 35.6 Å². The Balaban J connectivity index is 1.52. The summed E-state index contributed by atoms with van der Waals surface area (Å²) in [5.74, 6) is 1.28. The molecule has 2 unspecified atom stereocenters. The summed E-state index contributed by atoms with van der Waals surface area (Å²) in [5.41, 5.74) is 1.29. The second-order valence-electron chi connectivity index (χ2n) is 10.1. The van der Waals surface area contributed by atoms with Crippen LogP contribution in [0.5, 0.6) is 0 Å². The summed E-state index contributed by atoms with van der Waals surface area (Å²) in [7, 11) is 1.94. The molecule has 1 aliphatic carbocycles. The van der Waals surface area contributed by atoms with Crippen LogP contribution < -0.4 is 5.32 Å². The lowest BCUT2D eigenvalue weighted by Crippen LogP contribution is -2.54. The van der Waals surface area contributed by atoms with E-state index in [9.17, 15) is 9.59 Å². The zero-order valence-electron chi connectivity index (χ0n) is 18.7. The van der Waals surface area contributed by atoms with Crippen molar-refractivity contribution in [2.45, 2.75) is 65.5 Å². The molecule has 1 saturated heterocycles. The minimum absolute atomic E-state index is 0.0360. The maximum atomic E-state index is 13.4. The van der Waals surface area contributed by atoms with E-state index >= 15 is 0 Å². The van der Waals surface area contributed by atoms with E-state index in [-0.39, 0.29) is 24.0 Å². The molecule has 4 rings (SSSR count). The van der Waals surface area contributed by atoms with Crippen molar-refractivity contribution < 1.29 is 14.0 Å². The van der Waals surface area contributed by atoms with E-state index in [0.29, 0.717) is 25.3 Å². The first kappa shape index (κ1) is 20.9. The molecular formula is C24H33N3O3. The first-order valence-electron chi connectivity index (χ1n) is 11.0. The van der Waals surface area contributed by atoms with Gasteiger partial charge in [0, 0.05) is 23.9 Å². The number of nitrogens with one attached hydrogen (secondary N) is 1. The normalized spacial score (nSPS) is 26.2. The third-order valence-electron chi connectivity index (χ3n) is 6.54. The molecule has 30 heavy (non-hydrogen) atoms. The summed E-state index contributed by atoms with van der Waals surface area (Å²) in [4.78, 5) is 29.6. The standard InChI is InChI=1S/C24H33N3O3/c1-6-19-18(17-9-7-8-10-20(17)30-19)13-26(5)15-27-21(28)24(25-22(27)29)12-16(2)11-23(3,4)14-24/h7-10,16H,6,11-15H2,1-5H3,(H,25,29). The summed E-state index contributed by atoms with van der Waals surface area (Å²) in [6, 6.07) is 7.75. The quantitative estimate of drug-likeness (QED) is 0.735. The number of para-hydroxylation sites is 1. The second-order valence-corrected chi connectivity index (χ2v) is 10.1. The highest BCUT2D eigenvalue weighted by molar-refractivity contribution is 6.07. The largest absolute Gasteiger partial charge is 0.461 e. The lowest BCUT2D eigenvalue weighted by Gasteiger charge is -2.43. The van der Waals surface area contributed by atoms with Gasteiger partial charge in [0.15, 0.2) is 0 Å². The van der Waals surface area contributed by atoms with Crippen molar-refractivity contribution in [2.24, 2.45) is 11.3 Å². The number of carbonyl (C=O) groups is 2. The molecule has 6 nitrogen and oxygen atoms in total. The fourth-order valence-corrected chi connectivity index (χ4v) is 5.80. The first-order valence-corrected chi connectivity index (χ1v) is 11.0. The third-order valence-corrected chi connectivity index (χ3v) is 6.54. The maximum Gasteiger partial charge on any atom is 0.326 e. The molecule has 0 bridgehead atoms. The van der Waals surface area contributed by atoms with E-state index in [1.165, 1.54) is 4.90 Å². The summed E-state index contributed by atoms with van der Waals surface area (Å²) in [5, 5.41) is 4.16. The average molecular weight is 412 g/mol. The lowest BCUT2D eigenvalue weighted by molar-refractivity contribution is -0.136. The fraction of sp³-hybridized carbons (Fsp3) is 0.583. The van der Waals surface area contributed by atoms with Gasteiger partial charge in [-0.2, -0.15) is 0 Å². The molecular weight excluding hydrogens is 378 g/mol. The van der Waals surface area contributed by atoms with Crippen LogP contribution in [0.25, 0.3) is 11.0 Å². The Kier molecular flexibility index (Phi) is 5.17. The van der Waals surface area contributed by atoms with Crippen molar-refractivity contribution >= 4 is 22.9 Å². The minimum Gasteiger partial charge on any atom is -0.461 e. The van der Waals surface area contributed by atoms with E-state index < -0.39 is 5.54 Å². The molecule has 1 aliphatic heterocycles. The van der Waals surface area contributed by atoms with E-state index in [2.05, 4.69) is 39.1 Å². The van der Waals surface area contributed by atoms with Gasteiger partial charge in [0.05, 0.1) is 6.67 Å².